The first-order chi connectivity index (χ1) is 7.99. The van der Waals surface area contributed by atoms with Gasteiger partial charge in [-0.1, -0.05) is 0 Å². The number of aromatic carboxylic acids is 1. The fourth-order valence-corrected chi connectivity index (χ4v) is 1.77. The molecule has 1 aliphatic rings. The van der Waals surface area contributed by atoms with Crippen LogP contribution in [0.4, 0.5) is 11.5 Å². The third kappa shape index (κ3) is 2.15. The lowest BCUT2D eigenvalue weighted by molar-refractivity contribution is 0.0572. The molecular formula is C10H13N3O4. The maximum atomic E-state index is 10.9. The number of β-amino-alcohol motifs (C(OH)–C–C–N with tert-alkyl or cyclic N) is 2. The van der Waals surface area contributed by atoms with Crippen LogP contribution in [0.5, 0.6) is 0 Å². The van der Waals surface area contributed by atoms with E-state index in [1.165, 1.54) is 12.3 Å². The molecule has 17 heavy (non-hydrogen) atoms. The van der Waals surface area contributed by atoms with E-state index in [1.54, 1.807) is 4.90 Å². The van der Waals surface area contributed by atoms with Crippen LogP contribution in [0.1, 0.15) is 10.4 Å². The van der Waals surface area contributed by atoms with Crippen LogP contribution in [0.15, 0.2) is 12.3 Å². The zero-order valence-electron chi connectivity index (χ0n) is 8.95. The molecule has 1 fully saturated rings. The van der Waals surface area contributed by atoms with Crippen LogP contribution >= 0.6 is 0 Å². The highest BCUT2D eigenvalue weighted by molar-refractivity contribution is 5.94. The molecule has 1 aliphatic heterocycles. The van der Waals surface area contributed by atoms with Crippen LogP contribution in [0, 0.1) is 0 Å². The summed E-state index contributed by atoms with van der Waals surface area (Å²) in [6.45, 7) is 0.439. The summed E-state index contributed by atoms with van der Waals surface area (Å²) in [5.74, 6) is -0.751. The molecule has 2 rings (SSSR count). The number of aromatic nitrogens is 1. The first-order valence-electron chi connectivity index (χ1n) is 5.09. The molecule has 0 saturated carbocycles. The lowest BCUT2D eigenvalue weighted by Crippen LogP contribution is -2.22. The number of nitrogens with two attached hydrogens (primary N) is 1. The molecule has 0 aromatic carbocycles. The predicted molar refractivity (Wildman–Crippen MR) is 59.8 cm³/mol. The highest BCUT2D eigenvalue weighted by Gasteiger charge is 2.30. The monoisotopic (exact) mass is 239 g/mol. The van der Waals surface area contributed by atoms with E-state index in [4.69, 9.17) is 10.8 Å². The number of rotatable bonds is 2. The number of hydrogen-bond acceptors (Lipinski definition) is 6. The van der Waals surface area contributed by atoms with Gasteiger partial charge in [-0.25, -0.2) is 9.78 Å². The summed E-state index contributed by atoms with van der Waals surface area (Å²) in [5, 5.41) is 27.7. The van der Waals surface area contributed by atoms with Gasteiger partial charge in [-0.3, -0.25) is 0 Å². The second-order valence-corrected chi connectivity index (χ2v) is 3.97. The van der Waals surface area contributed by atoms with E-state index in [0.29, 0.717) is 5.82 Å². The summed E-state index contributed by atoms with van der Waals surface area (Å²) in [6.07, 6.45) is -0.430. The van der Waals surface area contributed by atoms with Crippen molar-refractivity contribution in [2.24, 2.45) is 0 Å². The summed E-state index contributed by atoms with van der Waals surface area (Å²) in [6, 6.07) is 1.34. The maximum absolute atomic E-state index is 10.9. The van der Waals surface area contributed by atoms with E-state index in [9.17, 15) is 15.0 Å². The Bertz CT molecular complexity index is 441. The van der Waals surface area contributed by atoms with Crippen molar-refractivity contribution in [2.75, 3.05) is 23.7 Å². The van der Waals surface area contributed by atoms with Crippen molar-refractivity contribution in [1.29, 1.82) is 0 Å². The number of carbonyl (C=O) groups is 1. The fraction of sp³-hybridized carbons (Fsp3) is 0.400. The van der Waals surface area contributed by atoms with E-state index in [0.717, 1.165) is 0 Å². The van der Waals surface area contributed by atoms with Crippen molar-refractivity contribution in [1.82, 2.24) is 4.98 Å². The second-order valence-electron chi connectivity index (χ2n) is 3.97. The molecule has 7 heteroatoms. The minimum atomic E-state index is -1.13. The summed E-state index contributed by atoms with van der Waals surface area (Å²) in [7, 11) is 0. The summed E-state index contributed by atoms with van der Waals surface area (Å²) in [5.41, 5.74) is 5.53. The summed E-state index contributed by atoms with van der Waals surface area (Å²) in [4.78, 5) is 16.5. The number of carboxylic acids is 1. The smallest absolute Gasteiger partial charge is 0.337 e. The van der Waals surface area contributed by atoms with Crippen LogP contribution < -0.4 is 10.6 Å². The van der Waals surface area contributed by atoms with Crippen LogP contribution in [0.25, 0.3) is 0 Å². The van der Waals surface area contributed by atoms with Crippen molar-refractivity contribution in [3.05, 3.63) is 17.8 Å². The third-order valence-corrected chi connectivity index (χ3v) is 2.73. The van der Waals surface area contributed by atoms with E-state index >= 15 is 0 Å². The van der Waals surface area contributed by atoms with Gasteiger partial charge in [-0.05, 0) is 6.07 Å². The molecule has 0 spiro atoms. The first-order valence-corrected chi connectivity index (χ1v) is 5.09. The molecule has 2 heterocycles. The number of hydrogen-bond donors (Lipinski definition) is 4. The Morgan fingerprint density at radius 2 is 2.00 bits per heavy atom. The lowest BCUT2D eigenvalue weighted by Gasteiger charge is -2.17. The van der Waals surface area contributed by atoms with Crippen molar-refractivity contribution < 1.29 is 20.1 Å². The van der Waals surface area contributed by atoms with E-state index in [2.05, 4.69) is 4.98 Å². The van der Waals surface area contributed by atoms with Gasteiger partial charge in [0, 0.05) is 13.1 Å². The Balaban J connectivity index is 2.28. The number of nitrogens with zero attached hydrogens (tertiary/aromatic N) is 2. The molecule has 7 nitrogen and oxygen atoms in total. The normalized spacial score (nSPS) is 24.0. The number of aliphatic hydroxyl groups excluding tert-OH is 2. The molecular weight excluding hydrogens is 226 g/mol. The number of anilines is 2. The van der Waals surface area contributed by atoms with Crippen LogP contribution in [-0.4, -0.2) is 51.6 Å². The molecule has 0 amide bonds. The largest absolute Gasteiger partial charge is 0.478 e. The Morgan fingerprint density at radius 3 is 2.53 bits per heavy atom. The number of carboxylic acid groups (broad SMARTS) is 1. The van der Waals surface area contributed by atoms with Gasteiger partial charge in [0.25, 0.3) is 0 Å². The van der Waals surface area contributed by atoms with Crippen molar-refractivity contribution in [3.63, 3.8) is 0 Å². The fourth-order valence-electron chi connectivity index (χ4n) is 1.77. The van der Waals surface area contributed by atoms with Gasteiger partial charge in [0.2, 0.25) is 0 Å². The third-order valence-electron chi connectivity index (χ3n) is 2.73. The average molecular weight is 239 g/mol. The maximum Gasteiger partial charge on any atom is 0.337 e. The predicted octanol–water partition coefficient (Wildman–Crippen LogP) is -1.10. The zero-order chi connectivity index (χ0) is 12.6. The standard InChI is InChI=1S/C10H13N3O4/c11-6-2-12-9(1-5(6)10(16)17)13-3-7(14)8(15)4-13/h1-2,7-8,14-15H,3-4,11H2,(H,16,17). The molecule has 1 aromatic heterocycles. The van der Waals surface area contributed by atoms with Gasteiger partial charge < -0.3 is 26.0 Å². The SMILES string of the molecule is Nc1cnc(N2CC(O)C(O)C2)cc1C(=O)O. The second kappa shape index (κ2) is 4.19. The van der Waals surface area contributed by atoms with Crippen LogP contribution in [0.3, 0.4) is 0 Å². The molecule has 0 aliphatic carbocycles. The Kier molecular flexibility index (Phi) is 2.86. The van der Waals surface area contributed by atoms with Gasteiger partial charge >= 0.3 is 5.97 Å². The minimum absolute atomic E-state index is 0.0362. The van der Waals surface area contributed by atoms with Crippen molar-refractivity contribution in [3.8, 4) is 0 Å². The quantitative estimate of drug-likeness (QED) is 0.517. The lowest BCUT2D eigenvalue weighted by atomic mass is 10.2. The summed E-state index contributed by atoms with van der Waals surface area (Å²) < 4.78 is 0. The summed E-state index contributed by atoms with van der Waals surface area (Å²) >= 11 is 0. The number of aliphatic hydroxyl groups is 2. The zero-order valence-corrected chi connectivity index (χ0v) is 8.95. The highest BCUT2D eigenvalue weighted by Crippen LogP contribution is 2.22. The van der Waals surface area contributed by atoms with Crippen LogP contribution in [0.2, 0.25) is 0 Å². The molecule has 1 aromatic rings. The Morgan fingerprint density at radius 1 is 1.41 bits per heavy atom. The number of nitrogen functional groups attached to an aromatic ring is 1. The molecule has 0 radical (unpaired) electrons. The van der Waals surface area contributed by atoms with Gasteiger partial charge in [-0.15, -0.1) is 0 Å². The van der Waals surface area contributed by atoms with E-state index in [-0.39, 0.29) is 24.3 Å². The van der Waals surface area contributed by atoms with Gasteiger partial charge in [0.15, 0.2) is 0 Å². The van der Waals surface area contributed by atoms with Crippen LogP contribution in [-0.2, 0) is 0 Å². The molecule has 92 valence electrons. The Hall–Kier alpha value is -1.86. The first kappa shape index (κ1) is 11.6. The molecule has 2 atom stereocenters. The van der Waals surface area contributed by atoms with Gasteiger partial charge in [0.05, 0.1) is 29.7 Å². The molecule has 2 unspecified atom stereocenters. The van der Waals surface area contributed by atoms with E-state index in [1.807, 2.05) is 0 Å². The number of pyridine rings is 1. The topological polar surface area (TPSA) is 120 Å². The molecule has 0 bridgehead atoms. The van der Waals surface area contributed by atoms with Crippen molar-refractivity contribution in [2.45, 2.75) is 12.2 Å². The highest BCUT2D eigenvalue weighted by atomic mass is 16.4. The Labute approximate surface area is 97.1 Å². The molecule has 5 N–H and O–H groups in total. The van der Waals surface area contributed by atoms with Gasteiger partial charge in [-0.2, -0.15) is 0 Å². The minimum Gasteiger partial charge on any atom is -0.478 e. The van der Waals surface area contributed by atoms with Crippen molar-refractivity contribution >= 4 is 17.5 Å². The van der Waals surface area contributed by atoms with E-state index < -0.39 is 18.2 Å². The molecule has 1 saturated heterocycles. The van der Waals surface area contributed by atoms with Gasteiger partial charge in [0.1, 0.15) is 5.82 Å². The average Bonchev–Trinajstić information content (AvgIpc) is 2.59.